The topological polar surface area (TPSA) is 29.5 Å². The molecule has 1 aromatic carbocycles. The van der Waals surface area contributed by atoms with Crippen molar-refractivity contribution in [2.75, 3.05) is 20.7 Å². The van der Waals surface area contributed by atoms with Crippen LogP contribution in [0.5, 0.6) is 0 Å². The van der Waals surface area contributed by atoms with Crippen LogP contribution in [0.2, 0.25) is 5.02 Å². The number of hydrogen-bond acceptors (Lipinski definition) is 3. The maximum absolute atomic E-state index is 13.0. The molecule has 5 heteroatoms. The second-order valence-corrected chi connectivity index (χ2v) is 4.56. The molecule has 0 aliphatic rings. The lowest BCUT2D eigenvalue weighted by atomic mass is 10.0. The summed E-state index contributed by atoms with van der Waals surface area (Å²) in [6.07, 6.45) is 0.187. The monoisotopic (exact) mass is 273 g/mol. The van der Waals surface area contributed by atoms with E-state index in [-0.39, 0.29) is 18.4 Å². The Balaban J connectivity index is 2.94. The summed E-state index contributed by atoms with van der Waals surface area (Å²) in [6, 6.07) is 3.96. The van der Waals surface area contributed by atoms with Crippen molar-refractivity contribution in [3.63, 3.8) is 0 Å². The molecule has 0 aliphatic heterocycles. The molecule has 1 aromatic rings. The summed E-state index contributed by atoms with van der Waals surface area (Å²) in [5.74, 6) is -0.686. The van der Waals surface area contributed by atoms with Gasteiger partial charge >= 0.3 is 5.97 Å². The smallest absolute Gasteiger partial charge is 0.307 e. The lowest BCUT2D eigenvalue weighted by Crippen LogP contribution is -2.24. The van der Waals surface area contributed by atoms with Crippen molar-refractivity contribution in [2.24, 2.45) is 0 Å². The second-order valence-electron chi connectivity index (χ2n) is 4.15. The number of carbonyl (C=O) groups excluding carboxylic acids is 1. The highest BCUT2D eigenvalue weighted by Gasteiger charge is 2.21. The second kappa shape index (κ2) is 6.71. The molecule has 1 unspecified atom stereocenters. The van der Waals surface area contributed by atoms with Gasteiger partial charge in [0.2, 0.25) is 0 Å². The summed E-state index contributed by atoms with van der Waals surface area (Å²) in [7, 11) is 3.67. The molecule has 0 spiro atoms. The van der Waals surface area contributed by atoms with E-state index in [1.165, 1.54) is 12.1 Å². The number of hydrogen-bond donors (Lipinski definition) is 0. The average Bonchev–Trinajstić information content (AvgIpc) is 2.27. The molecule has 1 rings (SSSR count). The lowest BCUT2D eigenvalue weighted by molar-refractivity contribution is -0.144. The summed E-state index contributed by atoms with van der Waals surface area (Å²) >= 11 is 6.01. The number of ether oxygens (including phenoxy) is 1. The van der Waals surface area contributed by atoms with Crippen LogP contribution in [0.25, 0.3) is 0 Å². The zero-order valence-electron chi connectivity index (χ0n) is 10.7. The normalized spacial score (nSPS) is 12.6. The molecular formula is C13H17ClFNO2. The lowest BCUT2D eigenvalue weighted by Gasteiger charge is -2.24. The molecule has 0 heterocycles. The number of carbonyl (C=O) groups is 1. The molecule has 0 saturated heterocycles. The summed E-state index contributed by atoms with van der Waals surface area (Å²) < 4.78 is 17.9. The van der Waals surface area contributed by atoms with Crippen LogP contribution in [-0.4, -0.2) is 31.6 Å². The van der Waals surface area contributed by atoms with Gasteiger partial charge in [-0.1, -0.05) is 17.7 Å². The van der Waals surface area contributed by atoms with E-state index in [4.69, 9.17) is 16.3 Å². The van der Waals surface area contributed by atoms with E-state index in [0.29, 0.717) is 11.6 Å². The quantitative estimate of drug-likeness (QED) is 0.773. The average molecular weight is 274 g/mol. The zero-order valence-corrected chi connectivity index (χ0v) is 11.5. The highest BCUT2D eigenvalue weighted by atomic mass is 35.5. The number of nitrogens with zero attached hydrogens (tertiary/aromatic N) is 1. The molecule has 0 aromatic heterocycles. The summed E-state index contributed by atoms with van der Waals surface area (Å²) in [5.41, 5.74) is 0.719. The van der Waals surface area contributed by atoms with Crippen molar-refractivity contribution in [3.05, 3.63) is 34.6 Å². The number of esters is 1. The predicted molar refractivity (Wildman–Crippen MR) is 69.1 cm³/mol. The Labute approximate surface area is 111 Å². The Morgan fingerprint density at radius 2 is 2.17 bits per heavy atom. The first-order valence-electron chi connectivity index (χ1n) is 5.72. The molecule has 0 bridgehead atoms. The standard InChI is InChI=1S/C13H17ClFNO2/c1-4-18-13(17)8-12(16(2)3)10-6-5-9(15)7-11(10)14/h5-7,12H,4,8H2,1-3H3. The van der Waals surface area contributed by atoms with Gasteiger partial charge < -0.3 is 9.64 Å². The molecule has 3 nitrogen and oxygen atoms in total. The van der Waals surface area contributed by atoms with Gasteiger partial charge in [-0.15, -0.1) is 0 Å². The maximum atomic E-state index is 13.0. The Morgan fingerprint density at radius 3 is 2.67 bits per heavy atom. The molecule has 0 N–H and O–H groups in total. The van der Waals surface area contributed by atoms with Crippen LogP contribution >= 0.6 is 11.6 Å². The number of rotatable bonds is 5. The van der Waals surface area contributed by atoms with E-state index in [9.17, 15) is 9.18 Å². The van der Waals surface area contributed by atoms with Gasteiger partial charge in [0.25, 0.3) is 0 Å². The van der Waals surface area contributed by atoms with Crippen molar-refractivity contribution in [2.45, 2.75) is 19.4 Å². The minimum atomic E-state index is -0.391. The van der Waals surface area contributed by atoms with Crippen LogP contribution in [0.3, 0.4) is 0 Å². The third-order valence-corrected chi connectivity index (χ3v) is 2.94. The van der Waals surface area contributed by atoms with E-state index < -0.39 is 5.82 Å². The Morgan fingerprint density at radius 1 is 1.50 bits per heavy atom. The van der Waals surface area contributed by atoms with E-state index >= 15 is 0 Å². The summed E-state index contributed by atoms with van der Waals surface area (Å²) in [4.78, 5) is 13.4. The molecule has 1 atom stereocenters. The fourth-order valence-electron chi connectivity index (χ4n) is 1.72. The number of halogens is 2. The highest BCUT2D eigenvalue weighted by molar-refractivity contribution is 6.31. The van der Waals surface area contributed by atoms with E-state index in [0.717, 1.165) is 5.56 Å². The Hall–Kier alpha value is -1.13. The first kappa shape index (κ1) is 14.9. The van der Waals surface area contributed by atoms with Crippen molar-refractivity contribution in [1.29, 1.82) is 0 Å². The van der Waals surface area contributed by atoms with Crippen LogP contribution in [0.4, 0.5) is 4.39 Å². The van der Waals surface area contributed by atoms with Gasteiger partial charge in [0.1, 0.15) is 5.82 Å². The molecule has 18 heavy (non-hydrogen) atoms. The maximum Gasteiger partial charge on any atom is 0.307 e. The van der Waals surface area contributed by atoms with Gasteiger partial charge in [0, 0.05) is 11.1 Å². The summed E-state index contributed by atoms with van der Waals surface area (Å²) in [5, 5.41) is 0.318. The van der Waals surface area contributed by atoms with Gasteiger partial charge in [0.15, 0.2) is 0 Å². The zero-order chi connectivity index (χ0) is 13.7. The Bertz CT molecular complexity index is 423. The predicted octanol–water partition coefficient (Wildman–Crippen LogP) is 3.04. The van der Waals surface area contributed by atoms with Crippen LogP contribution < -0.4 is 0 Å². The first-order valence-corrected chi connectivity index (χ1v) is 6.10. The SMILES string of the molecule is CCOC(=O)CC(c1ccc(F)cc1Cl)N(C)C. The van der Waals surface area contributed by atoms with Crippen molar-refractivity contribution >= 4 is 17.6 Å². The van der Waals surface area contributed by atoms with Crippen LogP contribution in [0.1, 0.15) is 24.9 Å². The largest absolute Gasteiger partial charge is 0.466 e. The number of benzene rings is 1. The van der Waals surface area contributed by atoms with Gasteiger partial charge in [-0.05, 0) is 38.7 Å². The van der Waals surface area contributed by atoms with Gasteiger partial charge in [0.05, 0.1) is 13.0 Å². The van der Waals surface area contributed by atoms with Crippen LogP contribution in [0, 0.1) is 5.82 Å². The molecular weight excluding hydrogens is 257 g/mol. The van der Waals surface area contributed by atoms with E-state index in [1.54, 1.807) is 13.0 Å². The third-order valence-electron chi connectivity index (χ3n) is 2.61. The minimum Gasteiger partial charge on any atom is -0.466 e. The summed E-state index contributed by atoms with van der Waals surface area (Å²) in [6.45, 7) is 2.10. The fraction of sp³-hybridized carbons (Fsp3) is 0.462. The third kappa shape index (κ3) is 3.96. The molecule has 0 radical (unpaired) electrons. The molecule has 0 amide bonds. The van der Waals surface area contributed by atoms with E-state index in [1.807, 2.05) is 19.0 Å². The van der Waals surface area contributed by atoms with Gasteiger partial charge in [-0.3, -0.25) is 4.79 Å². The highest BCUT2D eigenvalue weighted by Crippen LogP contribution is 2.29. The van der Waals surface area contributed by atoms with Gasteiger partial charge in [-0.25, -0.2) is 4.39 Å². The van der Waals surface area contributed by atoms with E-state index in [2.05, 4.69) is 0 Å². The minimum absolute atomic E-state index is 0.187. The van der Waals surface area contributed by atoms with Crippen LogP contribution in [0.15, 0.2) is 18.2 Å². The van der Waals surface area contributed by atoms with Crippen molar-refractivity contribution in [3.8, 4) is 0 Å². The molecule has 0 fully saturated rings. The van der Waals surface area contributed by atoms with Gasteiger partial charge in [-0.2, -0.15) is 0 Å². The fourth-order valence-corrected chi connectivity index (χ4v) is 2.01. The molecule has 0 saturated carbocycles. The van der Waals surface area contributed by atoms with Crippen LogP contribution in [-0.2, 0) is 9.53 Å². The molecule has 0 aliphatic carbocycles. The first-order chi connectivity index (χ1) is 8.45. The Kier molecular flexibility index (Phi) is 5.56. The van der Waals surface area contributed by atoms with Crippen molar-refractivity contribution in [1.82, 2.24) is 4.90 Å². The van der Waals surface area contributed by atoms with Crippen molar-refractivity contribution < 1.29 is 13.9 Å². The molecule has 100 valence electrons.